The van der Waals surface area contributed by atoms with Crippen LogP contribution < -0.4 is 9.47 Å². The minimum Gasteiger partial charge on any atom is -0.485 e. The van der Waals surface area contributed by atoms with Crippen LogP contribution in [0.5, 0.6) is 11.5 Å². The van der Waals surface area contributed by atoms with Gasteiger partial charge in [0.25, 0.3) is 0 Å². The highest BCUT2D eigenvalue weighted by molar-refractivity contribution is 9.10. The number of rotatable bonds is 4. The van der Waals surface area contributed by atoms with E-state index in [0.717, 1.165) is 32.7 Å². The molecule has 0 saturated heterocycles. The fourth-order valence-electron chi connectivity index (χ4n) is 2.65. The van der Waals surface area contributed by atoms with Gasteiger partial charge >= 0.3 is 0 Å². The van der Waals surface area contributed by atoms with Gasteiger partial charge in [-0.05, 0) is 29.8 Å². The molecule has 0 amide bonds. The maximum absolute atomic E-state index is 6.03. The fraction of sp³-hybridized carbons (Fsp3) is 0.222. The quantitative estimate of drug-likeness (QED) is 0.589. The molecule has 1 aliphatic rings. The minimum atomic E-state index is -0.257. The van der Waals surface area contributed by atoms with Crippen LogP contribution in [0, 0.1) is 0 Å². The Hall–Kier alpha value is -1.99. The summed E-state index contributed by atoms with van der Waals surface area (Å²) in [6.45, 7) is 0.430. The molecule has 0 fully saturated rings. The minimum absolute atomic E-state index is 0.257. The molecule has 1 unspecified atom stereocenters. The molecule has 128 valence electrons. The van der Waals surface area contributed by atoms with Crippen molar-refractivity contribution in [2.45, 2.75) is 17.0 Å². The Kier molecular flexibility index (Phi) is 4.67. The Balaban J connectivity index is 1.48. The molecule has 0 bridgehead atoms. The van der Waals surface area contributed by atoms with Crippen LogP contribution in [0.3, 0.4) is 0 Å². The summed E-state index contributed by atoms with van der Waals surface area (Å²) in [6.07, 6.45) is -0.257. The zero-order valence-electron chi connectivity index (χ0n) is 13.6. The molecular formula is C18H16BrN3O2S. The van der Waals surface area contributed by atoms with E-state index in [9.17, 15) is 0 Å². The van der Waals surface area contributed by atoms with Crippen molar-refractivity contribution >= 4 is 27.7 Å². The highest BCUT2D eigenvalue weighted by Crippen LogP contribution is 2.36. The van der Waals surface area contributed by atoms with E-state index < -0.39 is 0 Å². The molecule has 4 rings (SSSR count). The van der Waals surface area contributed by atoms with E-state index in [-0.39, 0.29) is 6.10 Å². The van der Waals surface area contributed by atoms with Crippen molar-refractivity contribution in [2.24, 2.45) is 7.05 Å². The molecule has 1 atom stereocenters. The second-order valence-electron chi connectivity index (χ2n) is 5.68. The van der Waals surface area contributed by atoms with Crippen LogP contribution in [0.2, 0.25) is 0 Å². The first-order chi connectivity index (χ1) is 12.2. The van der Waals surface area contributed by atoms with Gasteiger partial charge < -0.3 is 14.0 Å². The summed E-state index contributed by atoms with van der Waals surface area (Å²) >= 11 is 5.15. The van der Waals surface area contributed by atoms with Crippen LogP contribution in [0.1, 0.15) is 17.5 Å². The number of hydrogen-bond donors (Lipinski definition) is 0. The summed E-state index contributed by atoms with van der Waals surface area (Å²) in [5.41, 5.74) is 1.23. The van der Waals surface area contributed by atoms with Gasteiger partial charge in [0.1, 0.15) is 6.61 Å². The zero-order chi connectivity index (χ0) is 17.2. The topological polar surface area (TPSA) is 49.2 Å². The van der Waals surface area contributed by atoms with Gasteiger partial charge in [0.15, 0.2) is 28.6 Å². The Bertz CT molecular complexity index is 900. The molecule has 1 aromatic heterocycles. The molecule has 7 heteroatoms. The average molecular weight is 418 g/mol. The van der Waals surface area contributed by atoms with Crippen molar-refractivity contribution in [3.8, 4) is 11.5 Å². The number of hydrogen-bond acceptors (Lipinski definition) is 5. The lowest BCUT2D eigenvalue weighted by atomic mass is 10.2. The van der Waals surface area contributed by atoms with Gasteiger partial charge in [-0.1, -0.05) is 52.0 Å². The van der Waals surface area contributed by atoms with E-state index in [1.807, 2.05) is 48.0 Å². The summed E-state index contributed by atoms with van der Waals surface area (Å²) in [7, 11) is 1.96. The third-order valence-electron chi connectivity index (χ3n) is 3.92. The van der Waals surface area contributed by atoms with Crippen molar-refractivity contribution in [2.75, 3.05) is 6.61 Å². The fourth-order valence-corrected chi connectivity index (χ4v) is 3.96. The van der Waals surface area contributed by atoms with Gasteiger partial charge in [-0.15, -0.1) is 10.2 Å². The lowest BCUT2D eigenvalue weighted by Gasteiger charge is -2.25. The molecular weight excluding hydrogens is 402 g/mol. The van der Waals surface area contributed by atoms with E-state index in [0.29, 0.717) is 6.61 Å². The summed E-state index contributed by atoms with van der Waals surface area (Å²) in [5, 5.41) is 9.49. The number of nitrogens with zero attached hydrogens (tertiary/aromatic N) is 3. The van der Waals surface area contributed by atoms with Gasteiger partial charge in [-0.25, -0.2) is 0 Å². The number of benzene rings is 2. The Morgan fingerprint density at radius 1 is 1.16 bits per heavy atom. The van der Waals surface area contributed by atoms with Crippen LogP contribution in [0.4, 0.5) is 0 Å². The summed E-state index contributed by atoms with van der Waals surface area (Å²) in [4.78, 5) is 0. The number of ether oxygens (including phenoxy) is 2. The van der Waals surface area contributed by atoms with Crippen LogP contribution >= 0.6 is 27.7 Å². The SMILES string of the molecule is Cn1c(SCc2cccc(Br)c2)nnc1C1COc2ccccc2O1. The van der Waals surface area contributed by atoms with E-state index in [1.165, 1.54) is 5.56 Å². The molecule has 1 aliphatic heterocycles. The summed E-state index contributed by atoms with van der Waals surface area (Å²) < 4.78 is 14.9. The van der Waals surface area contributed by atoms with Gasteiger partial charge in [-0.3, -0.25) is 0 Å². The van der Waals surface area contributed by atoms with Crippen molar-refractivity contribution < 1.29 is 9.47 Å². The lowest BCUT2D eigenvalue weighted by Crippen LogP contribution is -2.24. The largest absolute Gasteiger partial charge is 0.485 e. The number of para-hydroxylation sites is 2. The second-order valence-corrected chi connectivity index (χ2v) is 7.54. The molecule has 2 aromatic carbocycles. The van der Waals surface area contributed by atoms with Crippen LogP contribution in [-0.4, -0.2) is 21.4 Å². The highest BCUT2D eigenvalue weighted by atomic mass is 79.9. The van der Waals surface area contributed by atoms with Gasteiger partial charge in [0.05, 0.1) is 0 Å². The molecule has 0 N–H and O–H groups in total. The van der Waals surface area contributed by atoms with Gasteiger partial charge in [0.2, 0.25) is 0 Å². The van der Waals surface area contributed by atoms with Crippen molar-refractivity contribution in [1.82, 2.24) is 14.8 Å². The Labute approximate surface area is 158 Å². The summed E-state index contributed by atoms with van der Waals surface area (Å²) in [5.74, 6) is 3.11. The Morgan fingerprint density at radius 3 is 2.84 bits per heavy atom. The normalized spacial score (nSPS) is 16.0. The van der Waals surface area contributed by atoms with Crippen LogP contribution in [0.25, 0.3) is 0 Å². The lowest BCUT2D eigenvalue weighted by molar-refractivity contribution is 0.0825. The molecule has 3 aromatic rings. The van der Waals surface area contributed by atoms with Crippen molar-refractivity contribution in [1.29, 1.82) is 0 Å². The number of fused-ring (bicyclic) bond motifs is 1. The molecule has 5 nitrogen and oxygen atoms in total. The smallest absolute Gasteiger partial charge is 0.192 e. The first kappa shape index (κ1) is 16.5. The average Bonchev–Trinajstić information content (AvgIpc) is 3.00. The monoisotopic (exact) mass is 417 g/mol. The van der Waals surface area contributed by atoms with Gasteiger partial charge in [-0.2, -0.15) is 0 Å². The van der Waals surface area contributed by atoms with E-state index in [4.69, 9.17) is 9.47 Å². The van der Waals surface area contributed by atoms with Gasteiger partial charge in [0, 0.05) is 17.3 Å². The maximum atomic E-state index is 6.03. The van der Waals surface area contributed by atoms with E-state index in [2.05, 4.69) is 38.3 Å². The van der Waals surface area contributed by atoms with E-state index in [1.54, 1.807) is 11.8 Å². The van der Waals surface area contributed by atoms with Crippen LogP contribution in [0.15, 0.2) is 58.2 Å². The molecule has 25 heavy (non-hydrogen) atoms. The maximum Gasteiger partial charge on any atom is 0.192 e. The molecule has 0 aliphatic carbocycles. The molecule has 0 radical (unpaired) electrons. The molecule has 0 saturated carbocycles. The number of halogens is 1. The number of thioether (sulfide) groups is 1. The zero-order valence-corrected chi connectivity index (χ0v) is 16.0. The summed E-state index contributed by atoms with van der Waals surface area (Å²) in [6, 6.07) is 15.9. The first-order valence-corrected chi connectivity index (χ1v) is 9.63. The molecule has 2 heterocycles. The molecule has 0 spiro atoms. The van der Waals surface area contributed by atoms with Crippen molar-refractivity contribution in [3.05, 3.63) is 64.4 Å². The Morgan fingerprint density at radius 2 is 2.00 bits per heavy atom. The third kappa shape index (κ3) is 3.52. The standard InChI is InChI=1S/C18H16BrN3O2S/c1-22-17(16-10-23-14-7-2-3-8-15(14)24-16)20-21-18(22)25-11-12-5-4-6-13(19)9-12/h2-9,16H,10-11H2,1H3. The van der Waals surface area contributed by atoms with Crippen molar-refractivity contribution in [3.63, 3.8) is 0 Å². The predicted molar refractivity (Wildman–Crippen MR) is 100 cm³/mol. The van der Waals surface area contributed by atoms with Crippen LogP contribution in [-0.2, 0) is 12.8 Å². The van der Waals surface area contributed by atoms with E-state index >= 15 is 0 Å². The highest BCUT2D eigenvalue weighted by Gasteiger charge is 2.27. The number of aromatic nitrogens is 3. The first-order valence-electron chi connectivity index (χ1n) is 7.86. The predicted octanol–water partition coefficient (Wildman–Crippen LogP) is 4.38. The third-order valence-corrected chi connectivity index (χ3v) is 5.51. The second kappa shape index (κ2) is 7.09.